The third-order valence-corrected chi connectivity index (χ3v) is 5.83. The minimum atomic E-state index is -0.0274. The first-order chi connectivity index (χ1) is 13.6. The molecule has 0 radical (unpaired) electrons. The molecule has 1 heterocycles. The van der Waals surface area contributed by atoms with Crippen molar-refractivity contribution in [3.05, 3.63) is 42.0 Å². The first-order valence-electron chi connectivity index (χ1n) is 9.70. The first-order valence-corrected chi connectivity index (χ1v) is 10.7. The van der Waals surface area contributed by atoms with Crippen molar-refractivity contribution in [3.8, 4) is 0 Å². The van der Waals surface area contributed by atoms with E-state index in [1.165, 1.54) is 11.8 Å². The molecule has 0 saturated heterocycles. The summed E-state index contributed by atoms with van der Waals surface area (Å²) in [6.45, 7) is 2.21. The molecule has 8 heteroatoms. The van der Waals surface area contributed by atoms with E-state index in [0.29, 0.717) is 23.9 Å². The standard InChI is InChI=1S/C20H26N4O3S/c1-2-17-23-19(27-24-17)12-21-20(26)14-8-10-15(11-9-14)22-18(25)13-28-16-6-4-3-5-7-16/h3-7,14-15H,2,8-13H2,1H3,(H,21,26)(H,22,25). The molecule has 0 atom stereocenters. The average Bonchev–Trinajstić information content (AvgIpc) is 3.20. The Kier molecular flexibility index (Phi) is 7.47. The van der Waals surface area contributed by atoms with Gasteiger partial charge in [-0.05, 0) is 37.8 Å². The van der Waals surface area contributed by atoms with Gasteiger partial charge in [0, 0.05) is 23.3 Å². The number of benzene rings is 1. The van der Waals surface area contributed by atoms with Crippen molar-refractivity contribution in [1.29, 1.82) is 0 Å². The van der Waals surface area contributed by atoms with E-state index in [1.807, 2.05) is 37.3 Å². The molecule has 1 aromatic heterocycles. The highest BCUT2D eigenvalue weighted by Crippen LogP contribution is 2.25. The summed E-state index contributed by atoms with van der Waals surface area (Å²) >= 11 is 1.53. The third-order valence-electron chi connectivity index (χ3n) is 4.82. The summed E-state index contributed by atoms with van der Waals surface area (Å²) < 4.78 is 5.08. The fourth-order valence-electron chi connectivity index (χ4n) is 3.25. The summed E-state index contributed by atoms with van der Waals surface area (Å²) in [5.74, 6) is 1.52. The maximum absolute atomic E-state index is 12.3. The zero-order chi connectivity index (χ0) is 19.8. The van der Waals surface area contributed by atoms with Gasteiger partial charge in [-0.2, -0.15) is 4.98 Å². The Morgan fingerprint density at radius 2 is 1.93 bits per heavy atom. The maximum Gasteiger partial charge on any atom is 0.246 e. The Balaban J connectivity index is 1.34. The maximum atomic E-state index is 12.3. The van der Waals surface area contributed by atoms with Gasteiger partial charge in [-0.1, -0.05) is 30.3 Å². The van der Waals surface area contributed by atoms with Crippen LogP contribution in [0.5, 0.6) is 0 Å². The van der Waals surface area contributed by atoms with E-state index in [4.69, 9.17) is 4.52 Å². The number of thioether (sulfide) groups is 1. The lowest BCUT2D eigenvalue weighted by molar-refractivity contribution is -0.126. The minimum absolute atomic E-state index is 0.0145. The molecule has 2 amide bonds. The van der Waals surface area contributed by atoms with Crippen LogP contribution in [-0.2, 0) is 22.6 Å². The van der Waals surface area contributed by atoms with Crippen LogP contribution in [0.4, 0.5) is 0 Å². The second-order valence-corrected chi connectivity index (χ2v) is 7.94. The molecule has 28 heavy (non-hydrogen) atoms. The number of nitrogens with one attached hydrogen (secondary N) is 2. The number of carbonyl (C=O) groups is 2. The van der Waals surface area contributed by atoms with Crippen LogP contribution in [-0.4, -0.2) is 33.7 Å². The van der Waals surface area contributed by atoms with Gasteiger partial charge in [0.2, 0.25) is 17.7 Å². The van der Waals surface area contributed by atoms with Gasteiger partial charge >= 0.3 is 0 Å². The lowest BCUT2D eigenvalue weighted by Crippen LogP contribution is -2.41. The number of nitrogens with zero attached hydrogens (tertiary/aromatic N) is 2. The fraction of sp³-hybridized carbons (Fsp3) is 0.500. The highest BCUT2D eigenvalue weighted by atomic mass is 32.2. The number of amides is 2. The van der Waals surface area contributed by atoms with Gasteiger partial charge in [0.15, 0.2) is 5.82 Å². The van der Waals surface area contributed by atoms with E-state index < -0.39 is 0 Å². The van der Waals surface area contributed by atoms with Gasteiger partial charge in [0.05, 0.1) is 12.3 Å². The minimum Gasteiger partial charge on any atom is -0.353 e. The summed E-state index contributed by atoms with van der Waals surface area (Å²) in [7, 11) is 0. The van der Waals surface area contributed by atoms with Gasteiger partial charge in [-0.25, -0.2) is 0 Å². The molecule has 2 aromatic rings. The molecule has 1 aromatic carbocycles. The number of hydrogen-bond acceptors (Lipinski definition) is 6. The number of rotatable bonds is 8. The monoisotopic (exact) mass is 402 g/mol. The summed E-state index contributed by atoms with van der Waals surface area (Å²) in [6, 6.07) is 10.0. The summed E-state index contributed by atoms with van der Waals surface area (Å²) in [5, 5.41) is 9.78. The molecular formula is C20H26N4O3S. The summed E-state index contributed by atoms with van der Waals surface area (Å²) in [5.41, 5.74) is 0. The molecule has 3 rings (SSSR count). The molecule has 1 saturated carbocycles. The summed E-state index contributed by atoms with van der Waals surface area (Å²) in [4.78, 5) is 29.8. The SMILES string of the molecule is CCc1noc(CNC(=O)C2CCC(NC(=O)CSc3ccccc3)CC2)n1. The Hall–Kier alpha value is -2.35. The highest BCUT2D eigenvalue weighted by molar-refractivity contribution is 8.00. The van der Waals surface area contributed by atoms with E-state index in [9.17, 15) is 9.59 Å². The number of carbonyl (C=O) groups excluding carboxylic acids is 2. The van der Waals surface area contributed by atoms with E-state index in [1.54, 1.807) is 0 Å². The second-order valence-electron chi connectivity index (χ2n) is 6.89. The van der Waals surface area contributed by atoms with Crippen molar-refractivity contribution < 1.29 is 14.1 Å². The molecule has 1 fully saturated rings. The molecule has 1 aliphatic carbocycles. The lowest BCUT2D eigenvalue weighted by atomic mass is 9.85. The van der Waals surface area contributed by atoms with Crippen LogP contribution in [0.25, 0.3) is 0 Å². The van der Waals surface area contributed by atoms with Crippen molar-refractivity contribution in [2.75, 3.05) is 5.75 Å². The third kappa shape index (κ3) is 6.09. The quantitative estimate of drug-likeness (QED) is 0.659. The van der Waals surface area contributed by atoms with Crippen molar-refractivity contribution in [1.82, 2.24) is 20.8 Å². The van der Waals surface area contributed by atoms with E-state index in [-0.39, 0.29) is 30.3 Å². The zero-order valence-electron chi connectivity index (χ0n) is 16.0. The zero-order valence-corrected chi connectivity index (χ0v) is 16.8. The van der Waals surface area contributed by atoms with Crippen LogP contribution in [0.3, 0.4) is 0 Å². The molecule has 0 unspecified atom stereocenters. The predicted octanol–water partition coefficient (Wildman–Crippen LogP) is 2.72. The van der Waals surface area contributed by atoms with Crippen molar-refractivity contribution in [2.45, 2.75) is 56.5 Å². The van der Waals surface area contributed by atoms with Crippen molar-refractivity contribution in [2.24, 2.45) is 5.92 Å². The van der Waals surface area contributed by atoms with Crippen LogP contribution < -0.4 is 10.6 Å². The Labute approximate surface area is 169 Å². The molecule has 150 valence electrons. The van der Waals surface area contributed by atoms with Gasteiger partial charge in [-0.3, -0.25) is 9.59 Å². The molecule has 0 aliphatic heterocycles. The van der Waals surface area contributed by atoms with Crippen LogP contribution in [0.2, 0.25) is 0 Å². The van der Waals surface area contributed by atoms with Gasteiger partial charge in [-0.15, -0.1) is 11.8 Å². The molecule has 7 nitrogen and oxygen atoms in total. The second kappa shape index (κ2) is 10.3. The Bertz CT molecular complexity index is 773. The summed E-state index contributed by atoms with van der Waals surface area (Å²) in [6.07, 6.45) is 3.89. The number of hydrogen-bond donors (Lipinski definition) is 2. The average molecular weight is 403 g/mol. The largest absolute Gasteiger partial charge is 0.353 e. The predicted molar refractivity (Wildman–Crippen MR) is 107 cm³/mol. The fourth-order valence-corrected chi connectivity index (χ4v) is 3.98. The van der Waals surface area contributed by atoms with Gasteiger partial charge in [0.1, 0.15) is 0 Å². The molecule has 2 N–H and O–H groups in total. The van der Waals surface area contributed by atoms with Crippen LogP contribution >= 0.6 is 11.8 Å². The molecule has 0 spiro atoms. The normalized spacial score (nSPS) is 19.2. The van der Waals surface area contributed by atoms with E-state index in [0.717, 1.165) is 30.6 Å². The molecule has 1 aliphatic rings. The smallest absolute Gasteiger partial charge is 0.246 e. The van der Waals surface area contributed by atoms with Gasteiger partial charge in [0.25, 0.3) is 0 Å². The molecule has 0 bridgehead atoms. The molecular weight excluding hydrogens is 376 g/mol. The number of aryl methyl sites for hydroxylation is 1. The Morgan fingerprint density at radius 3 is 2.61 bits per heavy atom. The van der Waals surface area contributed by atoms with Crippen LogP contribution in [0.15, 0.2) is 39.8 Å². The number of aromatic nitrogens is 2. The van der Waals surface area contributed by atoms with E-state index in [2.05, 4.69) is 20.8 Å². The van der Waals surface area contributed by atoms with E-state index >= 15 is 0 Å². The van der Waals surface area contributed by atoms with Crippen molar-refractivity contribution >= 4 is 23.6 Å². The van der Waals surface area contributed by atoms with Gasteiger partial charge < -0.3 is 15.2 Å². The van der Waals surface area contributed by atoms with Crippen LogP contribution in [0.1, 0.15) is 44.3 Å². The van der Waals surface area contributed by atoms with Crippen LogP contribution in [0, 0.1) is 5.92 Å². The highest BCUT2D eigenvalue weighted by Gasteiger charge is 2.27. The first kappa shape index (κ1) is 20.4. The lowest BCUT2D eigenvalue weighted by Gasteiger charge is -2.28. The topological polar surface area (TPSA) is 97.1 Å². The Morgan fingerprint density at radius 1 is 1.18 bits per heavy atom. The van der Waals surface area contributed by atoms with Crippen molar-refractivity contribution in [3.63, 3.8) is 0 Å².